The second kappa shape index (κ2) is 6.03. The van der Waals surface area contributed by atoms with Crippen LogP contribution in [-0.2, 0) is 6.54 Å². The largest absolute Gasteiger partial charge is 0.304 e. The second-order valence-corrected chi connectivity index (χ2v) is 6.00. The van der Waals surface area contributed by atoms with E-state index in [1.54, 1.807) is 0 Å². The molecule has 1 aromatic heterocycles. The van der Waals surface area contributed by atoms with Crippen LogP contribution < -0.4 is 5.32 Å². The van der Waals surface area contributed by atoms with Crippen molar-refractivity contribution in [2.45, 2.75) is 51.6 Å². The molecule has 0 spiro atoms. The van der Waals surface area contributed by atoms with Gasteiger partial charge < -0.3 is 5.32 Å². The predicted molar refractivity (Wildman–Crippen MR) is 76.9 cm³/mol. The van der Waals surface area contributed by atoms with E-state index in [-0.39, 0.29) is 5.54 Å². The molecule has 0 radical (unpaired) electrons. The van der Waals surface area contributed by atoms with E-state index in [2.05, 4.69) is 30.2 Å². The minimum Gasteiger partial charge on any atom is -0.304 e. The molecule has 2 atom stereocenters. The van der Waals surface area contributed by atoms with Crippen LogP contribution >= 0.6 is 11.6 Å². The van der Waals surface area contributed by atoms with E-state index in [0.29, 0.717) is 5.88 Å². The summed E-state index contributed by atoms with van der Waals surface area (Å²) < 4.78 is 0. The summed E-state index contributed by atoms with van der Waals surface area (Å²) in [4.78, 5) is 4.44. The highest BCUT2D eigenvalue weighted by molar-refractivity contribution is 6.18. The van der Waals surface area contributed by atoms with Crippen LogP contribution in [0.25, 0.3) is 0 Å². The number of pyridine rings is 1. The van der Waals surface area contributed by atoms with Crippen LogP contribution in [0.1, 0.15) is 43.9 Å². The zero-order valence-electron chi connectivity index (χ0n) is 11.4. The highest BCUT2D eigenvalue weighted by atomic mass is 35.5. The Morgan fingerprint density at radius 2 is 2.39 bits per heavy atom. The van der Waals surface area contributed by atoms with Gasteiger partial charge >= 0.3 is 0 Å². The first-order chi connectivity index (χ1) is 8.65. The Morgan fingerprint density at radius 3 is 3.06 bits per heavy atom. The second-order valence-electron chi connectivity index (χ2n) is 5.74. The minimum atomic E-state index is 0.114. The molecule has 0 aliphatic heterocycles. The van der Waals surface area contributed by atoms with Gasteiger partial charge in [-0.05, 0) is 37.3 Å². The molecule has 1 aliphatic carbocycles. The predicted octanol–water partition coefficient (Wildman–Crippen LogP) is 3.67. The zero-order valence-corrected chi connectivity index (χ0v) is 12.1. The molecule has 0 saturated heterocycles. The summed E-state index contributed by atoms with van der Waals surface area (Å²) in [6.07, 6.45) is 6.85. The highest BCUT2D eigenvalue weighted by Gasteiger charge is 2.33. The fraction of sp³-hybridized carbons (Fsp3) is 0.667. The SMILES string of the molecule is Cc1cccnc1CNC1(CCl)CCCC(C)C1. The Morgan fingerprint density at radius 1 is 1.56 bits per heavy atom. The first-order valence-corrected chi connectivity index (χ1v) is 7.40. The van der Waals surface area contributed by atoms with Crippen molar-refractivity contribution < 1.29 is 0 Å². The van der Waals surface area contributed by atoms with E-state index < -0.39 is 0 Å². The topological polar surface area (TPSA) is 24.9 Å². The molecule has 0 bridgehead atoms. The standard InChI is InChI=1S/C15H23ClN2/c1-12-5-3-7-15(9-12,11-16)18-10-14-13(2)6-4-8-17-14/h4,6,8,12,18H,3,5,7,9-11H2,1-2H3. The third-order valence-electron chi connectivity index (χ3n) is 4.10. The monoisotopic (exact) mass is 266 g/mol. The Kier molecular flexibility index (Phi) is 4.63. The maximum atomic E-state index is 6.23. The fourth-order valence-electron chi connectivity index (χ4n) is 2.96. The maximum Gasteiger partial charge on any atom is 0.0570 e. The van der Waals surface area contributed by atoms with E-state index in [1.165, 1.54) is 31.2 Å². The van der Waals surface area contributed by atoms with Gasteiger partial charge in [0.05, 0.1) is 5.69 Å². The smallest absolute Gasteiger partial charge is 0.0570 e. The molecule has 0 amide bonds. The molecule has 1 aliphatic rings. The molecule has 18 heavy (non-hydrogen) atoms. The fourth-order valence-corrected chi connectivity index (χ4v) is 3.30. The number of nitrogens with one attached hydrogen (secondary N) is 1. The Hall–Kier alpha value is -0.600. The molecule has 2 unspecified atom stereocenters. The summed E-state index contributed by atoms with van der Waals surface area (Å²) in [5.41, 5.74) is 2.50. The van der Waals surface area contributed by atoms with Gasteiger partial charge in [-0.15, -0.1) is 11.6 Å². The lowest BCUT2D eigenvalue weighted by Gasteiger charge is -2.39. The van der Waals surface area contributed by atoms with Crippen LogP contribution in [-0.4, -0.2) is 16.4 Å². The number of hydrogen-bond acceptors (Lipinski definition) is 2. The Labute approximate surface area is 115 Å². The van der Waals surface area contributed by atoms with E-state index >= 15 is 0 Å². The van der Waals surface area contributed by atoms with Gasteiger partial charge in [-0.3, -0.25) is 4.98 Å². The van der Waals surface area contributed by atoms with E-state index in [4.69, 9.17) is 11.6 Å². The normalized spacial score (nSPS) is 28.3. The molecule has 1 heterocycles. The third-order valence-corrected chi connectivity index (χ3v) is 4.61. The molecule has 2 nitrogen and oxygen atoms in total. The van der Waals surface area contributed by atoms with Crippen molar-refractivity contribution in [3.05, 3.63) is 29.6 Å². The number of halogens is 1. The van der Waals surface area contributed by atoms with Crippen molar-refractivity contribution in [3.63, 3.8) is 0 Å². The van der Waals surface area contributed by atoms with Crippen molar-refractivity contribution in [2.75, 3.05) is 5.88 Å². The molecule has 2 rings (SSSR count). The van der Waals surface area contributed by atoms with Crippen LogP contribution in [0.3, 0.4) is 0 Å². The molecular weight excluding hydrogens is 244 g/mol. The Balaban J connectivity index is 2.01. The van der Waals surface area contributed by atoms with Crippen LogP contribution in [0.5, 0.6) is 0 Å². The molecule has 100 valence electrons. The molecule has 1 saturated carbocycles. The minimum absolute atomic E-state index is 0.114. The summed E-state index contributed by atoms with van der Waals surface area (Å²) >= 11 is 6.23. The summed E-state index contributed by atoms with van der Waals surface area (Å²) in [5.74, 6) is 1.47. The van der Waals surface area contributed by atoms with Gasteiger partial charge in [-0.2, -0.15) is 0 Å². The number of aromatic nitrogens is 1. The van der Waals surface area contributed by atoms with Crippen LogP contribution in [0.4, 0.5) is 0 Å². The van der Waals surface area contributed by atoms with Gasteiger partial charge in [-0.1, -0.05) is 25.8 Å². The van der Waals surface area contributed by atoms with Gasteiger partial charge in [0.25, 0.3) is 0 Å². The lowest BCUT2D eigenvalue weighted by Crippen LogP contribution is -2.49. The first kappa shape index (κ1) is 13.8. The van der Waals surface area contributed by atoms with Crippen molar-refractivity contribution >= 4 is 11.6 Å². The quantitative estimate of drug-likeness (QED) is 0.842. The Bertz CT molecular complexity index is 394. The van der Waals surface area contributed by atoms with Crippen molar-refractivity contribution in [1.82, 2.24) is 10.3 Å². The van der Waals surface area contributed by atoms with E-state index in [0.717, 1.165) is 18.2 Å². The average Bonchev–Trinajstić information content (AvgIpc) is 2.38. The molecule has 1 fully saturated rings. The van der Waals surface area contributed by atoms with Gasteiger partial charge in [0.1, 0.15) is 0 Å². The van der Waals surface area contributed by atoms with E-state index in [1.807, 2.05) is 12.3 Å². The highest BCUT2D eigenvalue weighted by Crippen LogP contribution is 2.33. The van der Waals surface area contributed by atoms with Crippen molar-refractivity contribution in [1.29, 1.82) is 0 Å². The summed E-state index contributed by atoms with van der Waals surface area (Å²) in [5, 5.41) is 3.68. The van der Waals surface area contributed by atoms with Crippen LogP contribution in [0, 0.1) is 12.8 Å². The summed E-state index contributed by atoms with van der Waals surface area (Å²) in [7, 11) is 0. The van der Waals surface area contributed by atoms with Gasteiger partial charge in [-0.25, -0.2) is 0 Å². The number of aryl methyl sites for hydroxylation is 1. The third kappa shape index (κ3) is 3.24. The van der Waals surface area contributed by atoms with Gasteiger partial charge in [0, 0.05) is 24.2 Å². The van der Waals surface area contributed by atoms with Crippen molar-refractivity contribution in [3.8, 4) is 0 Å². The van der Waals surface area contributed by atoms with E-state index in [9.17, 15) is 0 Å². The number of nitrogens with zero attached hydrogens (tertiary/aromatic N) is 1. The van der Waals surface area contributed by atoms with Crippen LogP contribution in [0.15, 0.2) is 18.3 Å². The number of alkyl halides is 1. The molecule has 0 aromatic carbocycles. The first-order valence-electron chi connectivity index (χ1n) is 6.87. The summed E-state index contributed by atoms with van der Waals surface area (Å²) in [6.45, 7) is 5.27. The summed E-state index contributed by atoms with van der Waals surface area (Å²) in [6, 6.07) is 4.10. The van der Waals surface area contributed by atoms with Gasteiger partial charge in [0.15, 0.2) is 0 Å². The molecular formula is C15H23ClN2. The maximum absolute atomic E-state index is 6.23. The molecule has 1 aromatic rings. The molecule has 1 N–H and O–H groups in total. The molecule has 3 heteroatoms. The van der Waals surface area contributed by atoms with Crippen molar-refractivity contribution in [2.24, 2.45) is 5.92 Å². The number of hydrogen-bond donors (Lipinski definition) is 1. The zero-order chi connectivity index (χ0) is 13.0. The van der Waals surface area contributed by atoms with Crippen LogP contribution in [0.2, 0.25) is 0 Å². The van der Waals surface area contributed by atoms with Gasteiger partial charge in [0.2, 0.25) is 0 Å². The lowest BCUT2D eigenvalue weighted by molar-refractivity contribution is 0.207. The average molecular weight is 267 g/mol. The number of rotatable bonds is 4. The lowest BCUT2D eigenvalue weighted by atomic mass is 9.77.